The van der Waals surface area contributed by atoms with Crippen LogP contribution in [0.2, 0.25) is 0 Å². The molecule has 0 saturated carbocycles. The molecule has 0 heterocycles. The number of hydrogen-bond donors (Lipinski definition) is 0. The third-order valence-corrected chi connectivity index (χ3v) is 2.56. The molecule has 2 aromatic carbocycles. The van der Waals surface area contributed by atoms with E-state index in [-0.39, 0.29) is 23.7 Å². The van der Waals surface area contributed by atoms with Crippen LogP contribution in [0.5, 0.6) is 11.5 Å². The van der Waals surface area contributed by atoms with Crippen molar-refractivity contribution in [3.63, 3.8) is 0 Å². The van der Waals surface area contributed by atoms with E-state index in [1.807, 2.05) is 30.3 Å². The first-order chi connectivity index (χ1) is 9.69. The maximum atomic E-state index is 12.3. The lowest BCUT2D eigenvalue weighted by molar-refractivity contribution is -0.0516. The third kappa shape index (κ3) is 3.78. The molecule has 0 amide bonds. The number of carbonyl (C=O) groups excluding carboxylic acids is 1. The van der Waals surface area contributed by atoms with Gasteiger partial charge in [0.05, 0.1) is 0 Å². The van der Waals surface area contributed by atoms with Gasteiger partial charge in [-0.3, -0.25) is 4.79 Å². The largest absolute Gasteiger partial charge is 0.485 e. The Kier molecular flexibility index (Phi) is 4.65. The number of aldehydes is 1. The lowest BCUT2D eigenvalue weighted by atomic mass is 10.2. The first-order valence-corrected chi connectivity index (χ1v) is 5.90. The van der Waals surface area contributed by atoms with E-state index in [2.05, 4.69) is 4.74 Å². The van der Waals surface area contributed by atoms with Gasteiger partial charge in [-0.05, 0) is 23.8 Å². The fourth-order valence-electron chi connectivity index (χ4n) is 1.64. The minimum Gasteiger partial charge on any atom is -0.485 e. The molecule has 20 heavy (non-hydrogen) atoms. The summed E-state index contributed by atoms with van der Waals surface area (Å²) in [6, 6.07) is 13.4. The second-order valence-corrected chi connectivity index (χ2v) is 3.98. The summed E-state index contributed by atoms with van der Waals surface area (Å²) in [6.07, 6.45) is 0.555. The van der Waals surface area contributed by atoms with Crippen molar-refractivity contribution in [3.8, 4) is 11.5 Å². The van der Waals surface area contributed by atoms with Gasteiger partial charge in [0.2, 0.25) is 0 Å². The van der Waals surface area contributed by atoms with Gasteiger partial charge in [-0.1, -0.05) is 30.3 Å². The fraction of sp³-hybridized carbons (Fsp3) is 0.133. The molecule has 0 N–H and O–H groups in total. The first-order valence-electron chi connectivity index (χ1n) is 5.90. The molecule has 2 aromatic rings. The molecule has 0 aromatic heterocycles. The van der Waals surface area contributed by atoms with Crippen LogP contribution in [0, 0.1) is 0 Å². The molecule has 0 bridgehead atoms. The van der Waals surface area contributed by atoms with Crippen LogP contribution in [0.25, 0.3) is 0 Å². The Morgan fingerprint density at radius 3 is 2.45 bits per heavy atom. The normalized spacial score (nSPS) is 10.3. The molecule has 5 heteroatoms. The van der Waals surface area contributed by atoms with Crippen LogP contribution in [0.3, 0.4) is 0 Å². The van der Waals surface area contributed by atoms with Crippen molar-refractivity contribution in [1.29, 1.82) is 0 Å². The van der Waals surface area contributed by atoms with E-state index in [0.29, 0.717) is 6.29 Å². The summed E-state index contributed by atoms with van der Waals surface area (Å²) >= 11 is 0. The monoisotopic (exact) mass is 278 g/mol. The van der Waals surface area contributed by atoms with Crippen molar-refractivity contribution in [2.75, 3.05) is 0 Å². The SMILES string of the molecule is O=Cc1ccc(OCc2ccccc2)c(OC(F)F)c1. The fourth-order valence-corrected chi connectivity index (χ4v) is 1.64. The van der Waals surface area contributed by atoms with Gasteiger partial charge < -0.3 is 9.47 Å². The van der Waals surface area contributed by atoms with Gasteiger partial charge in [0.15, 0.2) is 11.5 Å². The van der Waals surface area contributed by atoms with Crippen molar-refractivity contribution >= 4 is 6.29 Å². The zero-order valence-electron chi connectivity index (χ0n) is 10.5. The van der Waals surface area contributed by atoms with Gasteiger partial charge in [0.1, 0.15) is 12.9 Å². The quantitative estimate of drug-likeness (QED) is 0.756. The molecule has 0 atom stereocenters. The number of ether oxygens (including phenoxy) is 2. The Labute approximate surface area is 114 Å². The van der Waals surface area contributed by atoms with E-state index >= 15 is 0 Å². The van der Waals surface area contributed by atoms with E-state index < -0.39 is 6.61 Å². The molecule has 0 radical (unpaired) electrons. The average Bonchev–Trinajstić information content (AvgIpc) is 2.46. The molecule has 0 fully saturated rings. The smallest absolute Gasteiger partial charge is 0.387 e. The molecule has 3 nitrogen and oxygen atoms in total. The Hall–Kier alpha value is -2.43. The Morgan fingerprint density at radius 2 is 1.80 bits per heavy atom. The highest BCUT2D eigenvalue weighted by Crippen LogP contribution is 2.30. The molecular weight excluding hydrogens is 266 g/mol. The van der Waals surface area contributed by atoms with E-state index in [9.17, 15) is 13.6 Å². The number of alkyl halides is 2. The third-order valence-electron chi connectivity index (χ3n) is 2.56. The molecular formula is C15H12F2O3. The highest BCUT2D eigenvalue weighted by molar-refractivity contribution is 5.76. The van der Waals surface area contributed by atoms with Crippen LogP contribution < -0.4 is 9.47 Å². The van der Waals surface area contributed by atoms with E-state index in [1.54, 1.807) is 0 Å². The zero-order chi connectivity index (χ0) is 14.4. The zero-order valence-corrected chi connectivity index (χ0v) is 10.5. The summed E-state index contributed by atoms with van der Waals surface area (Å²) in [4.78, 5) is 10.7. The van der Waals surface area contributed by atoms with Crippen LogP contribution in [0.15, 0.2) is 48.5 Å². The Balaban J connectivity index is 2.15. The number of benzene rings is 2. The molecule has 0 unspecified atom stereocenters. The molecule has 0 aliphatic carbocycles. The lowest BCUT2D eigenvalue weighted by Gasteiger charge is -2.12. The molecule has 0 aliphatic heterocycles. The lowest BCUT2D eigenvalue weighted by Crippen LogP contribution is -2.05. The van der Waals surface area contributed by atoms with Crippen LogP contribution in [0.1, 0.15) is 15.9 Å². The topological polar surface area (TPSA) is 35.5 Å². The molecule has 0 spiro atoms. The summed E-state index contributed by atoms with van der Waals surface area (Å²) in [6.45, 7) is -2.75. The van der Waals surface area contributed by atoms with E-state index in [1.165, 1.54) is 18.2 Å². The van der Waals surface area contributed by atoms with Crippen molar-refractivity contribution in [3.05, 3.63) is 59.7 Å². The summed E-state index contributed by atoms with van der Waals surface area (Å²) in [5.41, 5.74) is 1.14. The molecule has 2 rings (SSSR count). The summed E-state index contributed by atoms with van der Waals surface area (Å²) in [5, 5.41) is 0. The molecule has 0 saturated heterocycles. The van der Waals surface area contributed by atoms with Crippen LogP contribution in [-0.4, -0.2) is 12.9 Å². The first kappa shape index (κ1) is 14.0. The second-order valence-electron chi connectivity index (χ2n) is 3.98. The van der Waals surface area contributed by atoms with Gasteiger partial charge in [-0.25, -0.2) is 0 Å². The van der Waals surface area contributed by atoms with Crippen molar-refractivity contribution in [2.45, 2.75) is 13.2 Å². The predicted octanol–water partition coefficient (Wildman–Crippen LogP) is 3.68. The minimum atomic E-state index is -2.98. The predicted molar refractivity (Wildman–Crippen MR) is 69.2 cm³/mol. The molecule has 104 valence electrons. The maximum absolute atomic E-state index is 12.3. The highest BCUT2D eigenvalue weighted by Gasteiger charge is 2.12. The second kappa shape index (κ2) is 6.65. The summed E-state index contributed by atoms with van der Waals surface area (Å²) in [7, 11) is 0. The van der Waals surface area contributed by atoms with Crippen LogP contribution >= 0.6 is 0 Å². The number of halogens is 2. The van der Waals surface area contributed by atoms with Crippen LogP contribution in [-0.2, 0) is 6.61 Å². The van der Waals surface area contributed by atoms with Crippen LogP contribution in [0.4, 0.5) is 8.78 Å². The van der Waals surface area contributed by atoms with Gasteiger partial charge in [-0.15, -0.1) is 0 Å². The highest BCUT2D eigenvalue weighted by atomic mass is 19.3. The number of carbonyl (C=O) groups is 1. The summed E-state index contributed by atoms with van der Waals surface area (Å²) < 4.78 is 34.5. The Morgan fingerprint density at radius 1 is 1.05 bits per heavy atom. The van der Waals surface area contributed by atoms with Gasteiger partial charge in [0.25, 0.3) is 0 Å². The minimum absolute atomic E-state index is 0.152. The van der Waals surface area contributed by atoms with Gasteiger partial charge >= 0.3 is 6.61 Å². The van der Waals surface area contributed by atoms with Crippen molar-refractivity contribution in [2.24, 2.45) is 0 Å². The van der Waals surface area contributed by atoms with Gasteiger partial charge in [0, 0.05) is 5.56 Å². The van der Waals surface area contributed by atoms with Crippen molar-refractivity contribution < 1.29 is 23.0 Å². The van der Waals surface area contributed by atoms with Crippen molar-refractivity contribution in [1.82, 2.24) is 0 Å². The van der Waals surface area contributed by atoms with Gasteiger partial charge in [-0.2, -0.15) is 8.78 Å². The van der Waals surface area contributed by atoms with E-state index in [4.69, 9.17) is 4.74 Å². The van der Waals surface area contributed by atoms with E-state index in [0.717, 1.165) is 5.56 Å². The standard InChI is InChI=1S/C15H12F2O3/c16-15(17)20-14-8-12(9-18)6-7-13(14)19-10-11-4-2-1-3-5-11/h1-9,15H,10H2. The summed E-state index contributed by atoms with van der Waals surface area (Å²) in [5.74, 6) is 0.0142. The maximum Gasteiger partial charge on any atom is 0.387 e. The Bertz CT molecular complexity index is 571. The molecule has 0 aliphatic rings. The number of hydrogen-bond acceptors (Lipinski definition) is 3. The average molecular weight is 278 g/mol. The number of rotatable bonds is 6.